The van der Waals surface area contributed by atoms with Gasteiger partial charge in [-0.05, 0) is 42.0 Å². The molecule has 0 saturated carbocycles. The first kappa shape index (κ1) is 17.0. The first-order valence-corrected chi connectivity index (χ1v) is 8.76. The largest absolute Gasteiger partial charge is 0.493 e. The van der Waals surface area contributed by atoms with Crippen LogP contribution in [0.15, 0.2) is 73.1 Å². The molecule has 5 heteroatoms. The van der Waals surface area contributed by atoms with Gasteiger partial charge in [0.2, 0.25) is 0 Å². The Bertz CT molecular complexity index is 1070. The summed E-state index contributed by atoms with van der Waals surface area (Å²) in [7, 11) is 3.29. The van der Waals surface area contributed by atoms with E-state index in [4.69, 9.17) is 9.47 Å². The first-order chi connectivity index (χ1) is 13.3. The highest BCUT2D eigenvalue weighted by Gasteiger charge is 2.09. The Morgan fingerprint density at radius 1 is 0.889 bits per heavy atom. The molecular weight excluding hydrogens is 338 g/mol. The van der Waals surface area contributed by atoms with E-state index in [1.54, 1.807) is 14.2 Å². The van der Waals surface area contributed by atoms with Gasteiger partial charge < -0.3 is 14.8 Å². The van der Waals surface area contributed by atoms with Gasteiger partial charge in [0.25, 0.3) is 0 Å². The summed E-state index contributed by atoms with van der Waals surface area (Å²) in [6, 6.07) is 22.3. The molecule has 4 aromatic rings. The number of benzene rings is 3. The van der Waals surface area contributed by atoms with Crippen molar-refractivity contribution >= 4 is 16.7 Å². The average molecular weight is 359 g/mol. The molecular formula is C22H21N3O2. The van der Waals surface area contributed by atoms with Crippen molar-refractivity contribution in [2.45, 2.75) is 6.54 Å². The van der Waals surface area contributed by atoms with Crippen LogP contribution in [0.5, 0.6) is 11.5 Å². The van der Waals surface area contributed by atoms with Crippen molar-refractivity contribution in [1.82, 2.24) is 9.55 Å². The zero-order valence-corrected chi connectivity index (χ0v) is 15.3. The van der Waals surface area contributed by atoms with E-state index in [2.05, 4.69) is 33.1 Å². The number of imidazole rings is 1. The Kier molecular flexibility index (Phi) is 4.66. The number of nitrogens with zero attached hydrogens (tertiary/aromatic N) is 2. The third-order valence-corrected chi connectivity index (χ3v) is 4.55. The Hall–Kier alpha value is -3.47. The van der Waals surface area contributed by atoms with Gasteiger partial charge in [0.15, 0.2) is 11.5 Å². The second kappa shape index (κ2) is 7.41. The summed E-state index contributed by atoms with van der Waals surface area (Å²) in [6.45, 7) is 0.671. The van der Waals surface area contributed by atoms with E-state index in [-0.39, 0.29) is 0 Å². The van der Waals surface area contributed by atoms with Crippen LogP contribution in [0.3, 0.4) is 0 Å². The molecule has 0 saturated heterocycles. The van der Waals surface area contributed by atoms with E-state index in [0.29, 0.717) is 6.54 Å². The third-order valence-electron chi connectivity index (χ3n) is 4.55. The number of hydrogen-bond acceptors (Lipinski definition) is 4. The van der Waals surface area contributed by atoms with Crippen LogP contribution in [0.25, 0.3) is 16.7 Å². The monoisotopic (exact) mass is 359 g/mol. The molecule has 0 amide bonds. The number of methoxy groups -OCH3 is 2. The zero-order valence-electron chi connectivity index (χ0n) is 15.3. The smallest absolute Gasteiger partial charge is 0.161 e. The Balaban J connectivity index is 1.63. The summed E-state index contributed by atoms with van der Waals surface area (Å²) in [6.07, 6.45) is 1.86. The van der Waals surface area contributed by atoms with Gasteiger partial charge in [-0.1, -0.05) is 30.3 Å². The number of hydrogen-bond donors (Lipinski definition) is 1. The molecule has 0 aliphatic heterocycles. The van der Waals surface area contributed by atoms with Crippen molar-refractivity contribution in [3.63, 3.8) is 0 Å². The molecule has 5 nitrogen and oxygen atoms in total. The first-order valence-electron chi connectivity index (χ1n) is 8.76. The van der Waals surface area contributed by atoms with Gasteiger partial charge in [-0.3, -0.25) is 4.57 Å². The summed E-state index contributed by atoms with van der Waals surface area (Å²) >= 11 is 0. The average Bonchev–Trinajstić information content (AvgIpc) is 3.16. The molecule has 0 radical (unpaired) electrons. The lowest BCUT2D eigenvalue weighted by molar-refractivity contribution is 0.354. The minimum absolute atomic E-state index is 0.671. The summed E-state index contributed by atoms with van der Waals surface area (Å²) in [5.41, 5.74) is 5.27. The van der Waals surface area contributed by atoms with E-state index < -0.39 is 0 Å². The lowest BCUT2D eigenvalue weighted by atomic mass is 10.2. The van der Waals surface area contributed by atoms with Crippen LogP contribution in [-0.4, -0.2) is 23.8 Å². The van der Waals surface area contributed by atoms with Crippen LogP contribution in [0.4, 0.5) is 5.69 Å². The maximum absolute atomic E-state index is 5.39. The zero-order chi connectivity index (χ0) is 18.6. The van der Waals surface area contributed by atoms with Gasteiger partial charge in [0.05, 0.1) is 36.6 Å². The van der Waals surface area contributed by atoms with Crippen molar-refractivity contribution in [2.75, 3.05) is 19.5 Å². The fourth-order valence-corrected chi connectivity index (χ4v) is 3.17. The molecule has 3 aromatic carbocycles. The minimum Gasteiger partial charge on any atom is -0.493 e. The molecule has 0 unspecified atom stereocenters. The summed E-state index contributed by atoms with van der Waals surface area (Å²) < 4.78 is 12.8. The number of anilines is 1. The predicted octanol–water partition coefficient (Wildman–Crippen LogP) is 4.65. The van der Waals surface area contributed by atoms with Crippen LogP contribution >= 0.6 is 0 Å². The van der Waals surface area contributed by atoms with E-state index in [1.165, 1.54) is 0 Å². The normalized spacial score (nSPS) is 10.7. The van der Waals surface area contributed by atoms with Crippen molar-refractivity contribution in [2.24, 2.45) is 0 Å². The van der Waals surface area contributed by atoms with Crippen LogP contribution < -0.4 is 14.8 Å². The predicted molar refractivity (Wildman–Crippen MR) is 108 cm³/mol. The standard InChI is InChI=1S/C22H21N3O2/c1-26-21-12-11-16(13-22(21)27-2)14-23-17-7-3-5-9-19(17)25-15-24-18-8-4-6-10-20(18)25/h3-13,15,23H,14H2,1-2H3. The fraction of sp³-hybridized carbons (Fsp3) is 0.136. The van der Waals surface area contributed by atoms with Crippen molar-refractivity contribution in [1.29, 1.82) is 0 Å². The lowest BCUT2D eigenvalue weighted by Gasteiger charge is -2.14. The molecule has 1 N–H and O–H groups in total. The SMILES string of the molecule is COc1ccc(CNc2ccccc2-n2cnc3ccccc32)cc1OC. The molecule has 136 valence electrons. The van der Waals surface area contributed by atoms with Crippen LogP contribution in [0.2, 0.25) is 0 Å². The molecule has 4 rings (SSSR count). The Morgan fingerprint density at radius 2 is 1.67 bits per heavy atom. The second-order valence-corrected chi connectivity index (χ2v) is 6.16. The van der Waals surface area contributed by atoms with Gasteiger partial charge in [0.1, 0.15) is 6.33 Å². The molecule has 0 aliphatic rings. The molecule has 0 spiro atoms. The maximum atomic E-state index is 5.39. The third kappa shape index (κ3) is 3.31. The summed E-state index contributed by atoms with van der Waals surface area (Å²) in [5, 5.41) is 3.53. The molecule has 27 heavy (non-hydrogen) atoms. The number of nitrogens with one attached hydrogen (secondary N) is 1. The summed E-state index contributed by atoms with van der Waals surface area (Å²) in [4.78, 5) is 4.50. The van der Waals surface area contributed by atoms with Gasteiger partial charge in [-0.2, -0.15) is 0 Å². The van der Waals surface area contributed by atoms with Crippen LogP contribution in [0.1, 0.15) is 5.56 Å². The summed E-state index contributed by atoms with van der Waals surface area (Å²) in [5.74, 6) is 1.46. The number of fused-ring (bicyclic) bond motifs is 1. The molecule has 0 atom stereocenters. The Morgan fingerprint density at radius 3 is 2.52 bits per heavy atom. The lowest BCUT2D eigenvalue weighted by Crippen LogP contribution is -2.04. The number of para-hydroxylation sites is 4. The quantitative estimate of drug-likeness (QED) is 0.544. The van der Waals surface area contributed by atoms with Crippen molar-refractivity contribution < 1.29 is 9.47 Å². The molecule has 1 heterocycles. The van der Waals surface area contributed by atoms with Gasteiger partial charge >= 0.3 is 0 Å². The highest BCUT2D eigenvalue weighted by Crippen LogP contribution is 2.29. The fourth-order valence-electron chi connectivity index (χ4n) is 3.17. The second-order valence-electron chi connectivity index (χ2n) is 6.16. The van der Waals surface area contributed by atoms with E-state index >= 15 is 0 Å². The van der Waals surface area contributed by atoms with Crippen molar-refractivity contribution in [3.8, 4) is 17.2 Å². The topological polar surface area (TPSA) is 48.3 Å². The highest BCUT2D eigenvalue weighted by molar-refractivity contribution is 5.79. The van der Waals surface area contributed by atoms with Crippen LogP contribution in [0, 0.1) is 0 Å². The minimum atomic E-state index is 0.671. The van der Waals surface area contributed by atoms with Crippen LogP contribution in [-0.2, 0) is 6.54 Å². The highest BCUT2D eigenvalue weighted by atomic mass is 16.5. The molecule has 1 aromatic heterocycles. The van der Waals surface area contributed by atoms with E-state index in [0.717, 1.165) is 39.5 Å². The maximum Gasteiger partial charge on any atom is 0.161 e. The van der Waals surface area contributed by atoms with Gasteiger partial charge in [-0.15, -0.1) is 0 Å². The van der Waals surface area contributed by atoms with E-state index in [9.17, 15) is 0 Å². The van der Waals surface area contributed by atoms with Gasteiger partial charge in [-0.25, -0.2) is 4.98 Å². The Labute approximate surface area is 158 Å². The number of ether oxygens (including phenoxy) is 2. The number of rotatable bonds is 6. The van der Waals surface area contributed by atoms with E-state index in [1.807, 2.05) is 54.9 Å². The number of aromatic nitrogens is 2. The molecule has 0 bridgehead atoms. The molecule has 0 fully saturated rings. The van der Waals surface area contributed by atoms with Crippen molar-refractivity contribution in [3.05, 3.63) is 78.6 Å². The van der Waals surface area contributed by atoms with Gasteiger partial charge in [0, 0.05) is 6.54 Å². The molecule has 0 aliphatic carbocycles.